The van der Waals surface area contributed by atoms with Crippen LogP contribution in [0.3, 0.4) is 0 Å². The third kappa shape index (κ3) is 6.67. The summed E-state index contributed by atoms with van der Waals surface area (Å²) in [7, 11) is 1.35. The minimum absolute atomic E-state index is 0. The molecule has 6 nitrogen and oxygen atoms in total. The van der Waals surface area contributed by atoms with Crippen LogP contribution in [0.5, 0.6) is 0 Å². The predicted octanol–water partition coefficient (Wildman–Crippen LogP) is 2.85. The van der Waals surface area contributed by atoms with E-state index < -0.39 is 5.97 Å². The van der Waals surface area contributed by atoms with Gasteiger partial charge in [0.1, 0.15) is 23.6 Å². The van der Waals surface area contributed by atoms with E-state index in [0.29, 0.717) is 29.6 Å². The molecule has 0 aliphatic heterocycles. The molecular formula is C15H26IN3O3. The van der Waals surface area contributed by atoms with Gasteiger partial charge in [0, 0.05) is 12.1 Å². The molecule has 0 spiro atoms. The van der Waals surface area contributed by atoms with Gasteiger partial charge in [0.2, 0.25) is 0 Å². The zero-order chi connectivity index (χ0) is 16.0. The monoisotopic (exact) mass is 423 g/mol. The summed E-state index contributed by atoms with van der Waals surface area (Å²) < 4.78 is 10.2. The van der Waals surface area contributed by atoms with Crippen molar-refractivity contribution in [1.82, 2.24) is 10.6 Å². The molecule has 22 heavy (non-hydrogen) atoms. The third-order valence-electron chi connectivity index (χ3n) is 2.60. The lowest BCUT2D eigenvalue weighted by Gasteiger charge is -2.23. The Morgan fingerprint density at radius 2 is 2.05 bits per heavy atom. The van der Waals surface area contributed by atoms with Gasteiger partial charge in [0.15, 0.2) is 5.96 Å². The van der Waals surface area contributed by atoms with Gasteiger partial charge in [-0.3, -0.25) is 0 Å². The van der Waals surface area contributed by atoms with Crippen LogP contribution in [0.25, 0.3) is 0 Å². The molecule has 2 N–H and O–H groups in total. The highest BCUT2D eigenvalue weighted by atomic mass is 127. The number of carbonyl (C=O) groups is 1. The second-order valence-electron chi connectivity index (χ2n) is 5.74. The van der Waals surface area contributed by atoms with Crippen LogP contribution in [0.4, 0.5) is 0 Å². The molecule has 0 aliphatic carbocycles. The minimum atomic E-state index is -0.397. The van der Waals surface area contributed by atoms with Crippen molar-refractivity contribution in [3.05, 3.63) is 23.2 Å². The average molecular weight is 423 g/mol. The van der Waals surface area contributed by atoms with Crippen molar-refractivity contribution in [2.45, 2.75) is 46.7 Å². The molecule has 126 valence electrons. The van der Waals surface area contributed by atoms with Crippen molar-refractivity contribution < 1.29 is 13.9 Å². The summed E-state index contributed by atoms with van der Waals surface area (Å²) in [6, 6.07) is 1.67. The second kappa shape index (κ2) is 9.02. The zero-order valence-electron chi connectivity index (χ0n) is 14.1. The summed E-state index contributed by atoms with van der Waals surface area (Å²) in [5, 5.41) is 6.46. The van der Waals surface area contributed by atoms with Crippen LogP contribution in [0, 0.1) is 6.92 Å². The number of halogens is 1. The maximum atomic E-state index is 11.5. The van der Waals surface area contributed by atoms with E-state index in [9.17, 15) is 4.79 Å². The molecule has 0 fully saturated rings. The average Bonchev–Trinajstić information content (AvgIpc) is 2.75. The lowest BCUT2D eigenvalue weighted by atomic mass is 10.1. The second-order valence-corrected chi connectivity index (χ2v) is 5.74. The van der Waals surface area contributed by atoms with Gasteiger partial charge in [-0.1, -0.05) is 0 Å². The summed E-state index contributed by atoms with van der Waals surface area (Å²) in [4.78, 5) is 16.0. The van der Waals surface area contributed by atoms with Crippen LogP contribution in [0.2, 0.25) is 0 Å². The topological polar surface area (TPSA) is 75.9 Å². The SMILES string of the molecule is CCNC(=NCc1cc(C(=O)OC)c(C)o1)NC(C)(C)C.I. The van der Waals surface area contributed by atoms with Gasteiger partial charge < -0.3 is 19.8 Å². The Labute approximate surface area is 149 Å². The fourth-order valence-corrected chi connectivity index (χ4v) is 1.75. The highest BCUT2D eigenvalue weighted by Gasteiger charge is 2.16. The Balaban J connectivity index is 0.00000441. The Hall–Kier alpha value is -1.25. The van der Waals surface area contributed by atoms with Crippen molar-refractivity contribution in [3.8, 4) is 0 Å². The molecule has 1 aromatic rings. The van der Waals surface area contributed by atoms with Crippen molar-refractivity contribution in [2.75, 3.05) is 13.7 Å². The summed E-state index contributed by atoms with van der Waals surface area (Å²) >= 11 is 0. The van der Waals surface area contributed by atoms with E-state index in [2.05, 4.69) is 36.4 Å². The first-order valence-corrected chi connectivity index (χ1v) is 7.01. The Morgan fingerprint density at radius 3 is 2.55 bits per heavy atom. The smallest absolute Gasteiger partial charge is 0.341 e. The van der Waals surface area contributed by atoms with Crippen molar-refractivity contribution in [1.29, 1.82) is 0 Å². The first-order chi connectivity index (χ1) is 9.76. The number of hydrogen-bond donors (Lipinski definition) is 2. The van der Waals surface area contributed by atoms with Crippen molar-refractivity contribution >= 4 is 35.9 Å². The van der Waals surface area contributed by atoms with Gasteiger partial charge in [-0.25, -0.2) is 9.79 Å². The zero-order valence-corrected chi connectivity index (χ0v) is 16.4. The minimum Gasteiger partial charge on any atom is -0.465 e. The van der Waals surface area contributed by atoms with Gasteiger partial charge >= 0.3 is 5.97 Å². The van der Waals surface area contributed by atoms with Crippen molar-refractivity contribution in [3.63, 3.8) is 0 Å². The lowest BCUT2D eigenvalue weighted by Crippen LogP contribution is -2.47. The maximum absolute atomic E-state index is 11.5. The number of hydrogen-bond acceptors (Lipinski definition) is 4. The lowest BCUT2D eigenvalue weighted by molar-refractivity contribution is 0.0599. The fraction of sp³-hybridized carbons (Fsp3) is 0.600. The number of guanidine groups is 1. The maximum Gasteiger partial charge on any atom is 0.341 e. The molecule has 0 radical (unpaired) electrons. The van der Waals surface area contributed by atoms with E-state index in [1.54, 1.807) is 13.0 Å². The number of esters is 1. The largest absolute Gasteiger partial charge is 0.465 e. The van der Waals surface area contributed by atoms with Gasteiger partial charge in [0.05, 0.1) is 7.11 Å². The van der Waals surface area contributed by atoms with Crippen LogP contribution in [-0.4, -0.2) is 31.1 Å². The Morgan fingerprint density at radius 1 is 1.41 bits per heavy atom. The molecule has 7 heteroatoms. The van der Waals surface area contributed by atoms with Crippen LogP contribution >= 0.6 is 24.0 Å². The standard InChI is InChI=1S/C15H25N3O3.HI/c1-7-16-14(18-15(3,4)5)17-9-11-8-12(10(2)21-11)13(19)20-6;/h8H,7,9H2,1-6H3,(H2,16,17,18);1H. The van der Waals surface area contributed by atoms with Crippen LogP contribution in [-0.2, 0) is 11.3 Å². The summed E-state index contributed by atoms with van der Waals surface area (Å²) in [6.45, 7) is 11.0. The number of furan rings is 1. The molecule has 0 saturated carbocycles. The molecule has 0 saturated heterocycles. The van der Waals surface area contributed by atoms with Gasteiger partial charge in [-0.05, 0) is 40.7 Å². The first kappa shape index (κ1) is 20.8. The van der Waals surface area contributed by atoms with Gasteiger partial charge in [-0.15, -0.1) is 24.0 Å². The Bertz CT molecular complexity index is 519. The fourth-order valence-electron chi connectivity index (χ4n) is 1.75. The number of aliphatic imine (C=N–C) groups is 1. The molecule has 0 unspecified atom stereocenters. The quantitative estimate of drug-likeness (QED) is 0.337. The van der Waals surface area contributed by atoms with E-state index in [0.717, 1.165) is 6.54 Å². The number of methoxy groups -OCH3 is 1. The van der Waals surface area contributed by atoms with E-state index in [1.165, 1.54) is 7.11 Å². The molecular weight excluding hydrogens is 397 g/mol. The molecule has 0 aromatic carbocycles. The highest BCUT2D eigenvalue weighted by molar-refractivity contribution is 14.0. The number of aryl methyl sites for hydroxylation is 1. The summed E-state index contributed by atoms with van der Waals surface area (Å²) in [6.07, 6.45) is 0. The van der Waals surface area contributed by atoms with E-state index in [1.807, 2.05) is 6.92 Å². The van der Waals surface area contributed by atoms with Gasteiger partial charge in [-0.2, -0.15) is 0 Å². The van der Waals surface area contributed by atoms with E-state index >= 15 is 0 Å². The molecule has 1 heterocycles. The molecule has 1 rings (SSSR count). The number of rotatable bonds is 4. The number of carbonyl (C=O) groups excluding carboxylic acids is 1. The Kier molecular flexibility index (Phi) is 8.50. The molecule has 0 bridgehead atoms. The number of ether oxygens (including phenoxy) is 1. The molecule has 0 atom stereocenters. The molecule has 0 aliphatic rings. The normalized spacial score (nSPS) is 11.6. The molecule has 0 amide bonds. The van der Waals surface area contributed by atoms with Crippen LogP contribution in [0.1, 0.15) is 49.6 Å². The van der Waals surface area contributed by atoms with Crippen LogP contribution < -0.4 is 10.6 Å². The van der Waals surface area contributed by atoms with E-state index in [-0.39, 0.29) is 29.5 Å². The third-order valence-corrected chi connectivity index (χ3v) is 2.60. The van der Waals surface area contributed by atoms with E-state index in [4.69, 9.17) is 9.15 Å². The number of nitrogens with one attached hydrogen (secondary N) is 2. The first-order valence-electron chi connectivity index (χ1n) is 7.01. The molecule has 1 aromatic heterocycles. The predicted molar refractivity (Wildman–Crippen MR) is 97.9 cm³/mol. The van der Waals surface area contributed by atoms with Gasteiger partial charge in [0.25, 0.3) is 0 Å². The van der Waals surface area contributed by atoms with Crippen LogP contribution in [0.15, 0.2) is 15.5 Å². The highest BCUT2D eigenvalue weighted by Crippen LogP contribution is 2.16. The number of nitrogens with zero attached hydrogens (tertiary/aromatic N) is 1. The summed E-state index contributed by atoms with van der Waals surface area (Å²) in [5.41, 5.74) is 0.355. The summed E-state index contributed by atoms with van der Waals surface area (Å²) in [5.74, 6) is 1.48. The van der Waals surface area contributed by atoms with Crippen molar-refractivity contribution in [2.24, 2.45) is 4.99 Å².